The molecule has 158 valence electrons. The first-order chi connectivity index (χ1) is 14.7. The summed E-state index contributed by atoms with van der Waals surface area (Å²) in [5, 5.41) is 4.04. The number of benzene rings is 2. The van der Waals surface area contributed by atoms with Crippen LogP contribution in [-0.2, 0) is 13.0 Å². The fourth-order valence-electron chi connectivity index (χ4n) is 3.51. The van der Waals surface area contributed by atoms with Gasteiger partial charge in [0.15, 0.2) is 6.61 Å². The molecule has 1 aliphatic heterocycles. The molecule has 1 fully saturated rings. The molecule has 4 rings (SSSR count). The Morgan fingerprint density at radius 3 is 2.47 bits per heavy atom. The fraction of sp³-hybridized carbons (Fsp3) is 0.391. The van der Waals surface area contributed by atoms with Gasteiger partial charge in [-0.15, -0.1) is 0 Å². The van der Waals surface area contributed by atoms with Crippen molar-refractivity contribution in [2.45, 2.75) is 19.4 Å². The molecule has 0 unspecified atom stereocenters. The van der Waals surface area contributed by atoms with Gasteiger partial charge in [-0.1, -0.05) is 29.4 Å². The van der Waals surface area contributed by atoms with Crippen LogP contribution in [0.5, 0.6) is 5.75 Å². The van der Waals surface area contributed by atoms with Crippen LogP contribution in [0, 0.1) is 5.82 Å². The van der Waals surface area contributed by atoms with E-state index in [1.807, 2.05) is 12.1 Å². The fourth-order valence-corrected chi connectivity index (χ4v) is 3.51. The van der Waals surface area contributed by atoms with E-state index in [9.17, 15) is 4.39 Å². The average Bonchev–Trinajstić information content (AvgIpc) is 3.24. The Kier molecular flexibility index (Phi) is 6.71. The number of ether oxygens (including phenoxy) is 1. The maximum Gasteiger partial charge on any atom is 0.264 e. The Morgan fingerprint density at radius 2 is 1.73 bits per heavy atom. The van der Waals surface area contributed by atoms with E-state index in [1.54, 1.807) is 12.1 Å². The molecule has 0 N–H and O–H groups in total. The molecule has 1 aromatic heterocycles. The zero-order valence-corrected chi connectivity index (χ0v) is 17.3. The summed E-state index contributed by atoms with van der Waals surface area (Å²) in [4.78, 5) is 9.31. The molecule has 1 saturated heterocycles. The third-order valence-electron chi connectivity index (χ3n) is 5.39. The topological polar surface area (TPSA) is 54.6 Å². The lowest BCUT2D eigenvalue weighted by atomic mass is 10.1. The Morgan fingerprint density at radius 1 is 1.00 bits per heavy atom. The minimum absolute atomic E-state index is 0.142. The lowest BCUT2D eigenvalue weighted by molar-refractivity contribution is 0.153. The molecular weight excluding hydrogens is 383 g/mol. The molecule has 2 aromatic carbocycles. The van der Waals surface area contributed by atoms with E-state index < -0.39 is 0 Å². The van der Waals surface area contributed by atoms with Gasteiger partial charge in [-0.05, 0) is 56.3 Å². The number of hydrogen-bond donors (Lipinski definition) is 0. The number of rotatable bonds is 8. The van der Waals surface area contributed by atoms with E-state index in [-0.39, 0.29) is 12.4 Å². The quantitative estimate of drug-likeness (QED) is 0.565. The first-order valence-corrected chi connectivity index (χ1v) is 10.4. The summed E-state index contributed by atoms with van der Waals surface area (Å²) in [6.07, 6.45) is 2.23. The number of likely N-dealkylation sites (N-methyl/N-ethyl adjacent to an activating group) is 1. The van der Waals surface area contributed by atoms with E-state index >= 15 is 0 Å². The second kappa shape index (κ2) is 9.82. The molecule has 6 nitrogen and oxygen atoms in total. The second-order valence-corrected chi connectivity index (χ2v) is 7.70. The van der Waals surface area contributed by atoms with Crippen LogP contribution in [0.2, 0.25) is 0 Å². The predicted octanol–water partition coefficient (Wildman–Crippen LogP) is 3.63. The maximum atomic E-state index is 12.9. The van der Waals surface area contributed by atoms with Gasteiger partial charge in [0, 0.05) is 31.7 Å². The number of halogens is 1. The standard InChI is InChI=1S/C23H27FN4O2/c1-27-13-15-28(16-14-27)12-2-3-18-4-6-19(7-5-18)23-25-22(30-26-23)17-29-21-10-8-20(24)9-11-21/h4-11H,2-3,12-17H2,1H3. The van der Waals surface area contributed by atoms with Crippen LogP contribution in [0.1, 0.15) is 17.9 Å². The first-order valence-electron chi connectivity index (χ1n) is 10.4. The molecule has 1 aliphatic rings. The SMILES string of the molecule is CN1CCN(CCCc2ccc(-c3noc(COc4ccc(F)cc4)n3)cc2)CC1. The zero-order chi connectivity index (χ0) is 20.8. The zero-order valence-electron chi connectivity index (χ0n) is 17.3. The van der Waals surface area contributed by atoms with Crippen molar-refractivity contribution in [3.63, 3.8) is 0 Å². The summed E-state index contributed by atoms with van der Waals surface area (Å²) in [6.45, 7) is 5.95. The molecule has 2 heterocycles. The van der Waals surface area contributed by atoms with E-state index in [4.69, 9.17) is 9.26 Å². The van der Waals surface area contributed by atoms with Crippen LogP contribution in [-0.4, -0.2) is 59.7 Å². The smallest absolute Gasteiger partial charge is 0.264 e. The summed E-state index contributed by atoms with van der Waals surface area (Å²) < 4.78 is 23.7. The normalized spacial score (nSPS) is 15.4. The Balaban J connectivity index is 1.25. The number of aromatic nitrogens is 2. The second-order valence-electron chi connectivity index (χ2n) is 7.70. The summed E-state index contributed by atoms with van der Waals surface area (Å²) in [7, 11) is 2.18. The van der Waals surface area contributed by atoms with E-state index in [1.165, 1.54) is 30.8 Å². The van der Waals surface area contributed by atoms with E-state index in [0.29, 0.717) is 17.5 Å². The van der Waals surface area contributed by atoms with Crippen LogP contribution in [0.4, 0.5) is 4.39 Å². The van der Waals surface area contributed by atoms with Crippen molar-refractivity contribution in [2.75, 3.05) is 39.8 Å². The maximum absolute atomic E-state index is 12.9. The lowest BCUT2D eigenvalue weighted by Crippen LogP contribution is -2.44. The minimum Gasteiger partial charge on any atom is -0.484 e. The summed E-state index contributed by atoms with van der Waals surface area (Å²) in [5.74, 6) is 1.17. The highest BCUT2D eigenvalue weighted by Crippen LogP contribution is 2.19. The van der Waals surface area contributed by atoms with Crippen molar-refractivity contribution in [1.29, 1.82) is 0 Å². The van der Waals surface area contributed by atoms with Crippen molar-refractivity contribution < 1.29 is 13.7 Å². The van der Waals surface area contributed by atoms with Crippen molar-refractivity contribution in [1.82, 2.24) is 19.9 Å². The van der Waals surface area contributed by atoms with Crippen molar-refractivity contribution in [3.8, 4) is 17.1 Å². The van der Waals surface area contributed by atoms with Gasteiger partial charge in [0.25, 0.3) is 5.89 Å². The molecule has 0 amide bonds. The van der Waals surface area contributed by atoms with Crippen molar-refractivity contribution in [2.24, 2.45) is 0 Å². The number of nitrogens with zero attached hydrogens (tertiary/aromatic N) is 4. The molecule has 30 heavy (non-hydrogen) atoms. The van der Waals surface area contributed by atoms with Crippen LogP contribution < -0.4 is 4.74 Å². The molecule has 3 aromatic rings. The van der Waals surface area contributed by atoms with Gasteiger partial charge in [0.2, 0.25) is 5.82 Å². The van der Waals surface area contributed by atoms with Gasteiger partial charge in [-0.2, -0.15) is 4.98 Å². The van der Waals surface area contributed by atoms with Crippen LogP contribution in [0.15, 0.2) is 53.1 Å². The van der Waals surface area contributed by atoms with E-state index in [2.05, 4.69) is 39.1 Å². The number of piperazine rings is 1. The van der Waals surface area contributed by atoms with Gasteiger partial charge in [-0.3, -0.25) is 0 Å². The molecule has 7 heteroatoms. The Labute approximate surface area is 176 Å². The minimum atomic E-state index is -0.301. The van der Waals surface area contributed by atoms with Gasteiger partial charge in [0.05, 0.1) is 0 Å². The highest BCUT2D eigenvalue weighted by molar-refractivity contribution is 5.54. The Bertz CT molecular complexity index is 919. The molecular formula is C23H27FN4O2. The highest BCUT2D eigenvalue weighted by atomic mass is 19.1. The highest BCUT2D eigenvalue weighted by Gasteiger charge is 2.13. The van der Waals surface area contributed by atoms with Gasteiger partial charge in [-0.25, -0.2) is 4.39 Å². The molecule has 0 saturated carbocycles. The Hall–Kier alpha value is -2.77. The van der Waals surface area contributed by atoms with Crippen LogP contribution >= 0.6 is 0 Å². The van der Waals surface area contributed by atoms with Crippen LogP contribution in [0.25, 0.3) is 11.4 Å². The van der Waals surface area contributed by atoms with Crippen molar-refractivity contribution in [3.05, 3.63) is 65.8 Å². The van der Waals surface area contributed by atoms with Gasteiger partial charge < -0.3 is 19.1 Å². The third kappa shape index (κ3) is 5.64. The average molecular weight is 410 g/mol. The number of aryl methyl sites for hydroxylation is 1. The molecule has 0 radical (unpaired) electrons. The summed E-state index contributed by atoms with van der Waals surface area (Å²) >= 11 is 0. The first kappa shape index (κ1) is 20.5. The lowest BCUT2D eigenvalue weighted by Gasteiger charge is -2.32. The predicted molar refractivity (Wildman–Crippen MR) is 113 cm³/mol. The van der Waals surface area contributed by atoms with Gasteiger partial charge in [0.1, 0.15) is 11.6 Å². The number of hydrogen-bond acceptors (Lipinski definition) is 6. The largest absolute Gasteiger partial charge is 0.484 e. The molecule has 0 atom stereocenters. The van der Waals surface area contributed by atoms with Crippen LogP contribution in [0.3, 0.4) is 0 Å². The third-order valence-corrected chi connectivity index (χ3v) is 5.39. The summed E-state index contributed by atoms with van der Waals surface area (Å²) in [6, 6.07) is 14.1. The van der Waals surface area contributed by atoms with E-state index in [0.717, 1.165) is 38.0 Å². The summed E-state index contributed by atoms with van der Waals surface area (Å²) in [5.41, 5.74) is 2.23. The van der Waals surface area contributed by atoms with Crippen molar-refractivity contribution >= 4 is 0 Å². The molecule has 0 spiro atoms. The van der Waals surface area contributed by atoms with Gasteiger partial charge >= 0.3 is 0 Å². The molecule has 0 bridgehead atoms. The molecule has 0 aliphatic carbocycles. The monoisotopic (exact) mass is 410 g/mol.